The molecule has 5 heteroatoms. The fourth-order valence-corrected chi connectivity index (χ4v) is 1.15. The number of nitrogens with zero attached hydrogens (tertiary/aromatic N) is 3. The minimum Gasteiger partial charge on any atom is -0.285 e. The lowest BCUT2D eigenvalue weighted by Gasteiger charge is -1.86. The molecule has 0 amide bonds. The Labute approximate surface area is 75.6 Å². The van der Waals surface area contributed by atoms with E-state index in [4.69, 9.17) is 0 Å². The highest BCUT2D eigenvalue weighted by molar-refractivity contribution is 5.50. The van der Waals surface area contributed by atoms with Crippen LogP contribution in [0.25, 0.3) is 11.4 Å². The van der Waals surface area contributed by atoms with Crippen LogP contribution in [-0.2, 0) is 6.42 Å². The van der Waals surface area contributed by atoms with Gasteiger partial charge in [0.15, 0.2) is 5.82 Å². The van der Waals surface area contributed by atoms with Crippen molar-refractivity contribution < 1.29 is 0 Å². The molecule has 0 atom stereocenters. The molecular formula is C8H11N5. The van der Waals surface area contributed by atoms with E-state index in [2.05, 4.69) is 32.3 Å². The molecule has 0 aliphatic heterocycles. The minimum atomic E-state index is 0.706. The summed E-state index contributed by atoms with van der Waals surface area (Å²) in [5.74, 6) is 1.64. The van der Waals surface area contributed by atoms with Gasteiger partial charge in [-0.2, -0.15) is 10.2 Å². The average molecular weight is 177 g/mol. The number of nitrogens with one attached hydrogen (secondary N) is 2. The highest BCUT2D eigenvalue weighted by Gasteiger charge is 2.05. The molecule has 2 aromatic rings. The smallest absolute Gasteiger partial charge is 0.184 e. The summed E-state index contributed by atoms with van der Waals surface area (Å²) in [6.45, 7) is 2.11. The van der Waals surface area contributed by atoms with Crippen LogP contribution >= 0.6 is 0 Å². The summed E-state index contributed by atoms with van der Waals surface area (Å²) < 4.78 is 0. The first-order chi connectivity index (χ1) is 6.40. The third kappa shape index (κ3) is 1.58. The van der Waals surface area contributed by atoms with Crippen LogP contribution in [0.5, 0.6) is 0 Å². The van der Waals surface area contributed by atoms with Crippen LogP contribution in [-0.4, -0.2) is 25.4 Å². The van der Waals surface area contributed by atoms with Crippen molar-refractivity contribution in [1.82, 2.24) is 25.4 Å². The maximum Gasteiger partial charge on any atom is 0.184 e. The van der Waals surface area contributed by atoms with Crippen LogP contribution in [0, 0.1) is 0 Å². The van der Waals surface area contributed by atoms with Gasteiger partial charge in [-0.3, -0.25) is 10.2 Å². The number of aryl methyl sites for hydroxylation is 1. The van der Waals surface area contributed by atoms with Gasteiger partial charge in [0, 0.05) is 12.6 Å². The number of rotatable bonds is 3. The zero-order chi connectivity index (χ0) is 9.10. The van der Waals surface area contributed by atoms with Crippen LogP contribution < -0.4 is 0 Å². The average Bonchev–Trinajstić information content (AvgIpc) is 2.70. The van der Waals surface area contributed by atoms with Gasteiger partial charge in [0.2, 0.25) is 0 Å². The molecule has 2 aromatic heterocycles. The van der Waals surface area contributed by atoms with Crippen LogP contribution in [0.15, 0.2) is 12.4 Å². The maximum atomic E-state index is 4.32. The Hall–Kier alpha value is -1.65. The molecule has 0 aliphatic rings. The molecule has 0 saturated heterocycles. The Morgan fingerprint density at radius 2 is 2.38 bits per heavy atom. The zero-order valence-electron chi connectivity index (χ0n) is 7.41. The van der Waals surface area contributed by atoms with Crippen molar-refractivity contribution in [2.75, 3.05) is 0 Å². The number of aromatic amines is 2. The summed E-state index contributed by atoms with van der Waals surface area (Å²) in [4.78, 5) is 4.32. The highest BCUT2D eigenvalue weighted by atomic mass is 15.2. The summed E-state index contributed by atoms with van der Waals surface area (Å²) in [6, 6.07) is 0. The Morgan fingerprint density at radius 3 is 3.08 bits per heavy atom. The molecule has 0 aliphatic carbocycles. The Kier molecular flexibility index (Phi) is 2.08. The molecule has 13 heavy (non-hydrogen) atoms. The number of hydrogen-bond acceptors (Lipinski definition) is 3. The van der Waals surface area contributed by atoms with E-state index in [-0.39, 0.29) is 0 Å². The summed E-state index contributed by atoms with van der Waals surface area (Å²) in [5.41, 5.74) is 0.915. The van der Waals surface area contributed by atoms with Crippen LogP contribution in [0.2, 0.25) is 0 Å². The molecule has 2 heterocycles. The predicted octanol–water partition coefficient (Wildman–Crippen LogP) is 1.15. The van der Waals surface area contributed by atoms with Gasteiger partial charge < -0.3 is 0 Å². The normalized spacial score (nSPS) is 10.5. The van der Waals surface area contributed by atoms with E-state index in [0.717, 1.165) is 24.2 Å². The fourth-order valence-electron chi connectivity index (χ4n) is 1.15. The van der Waals surface area contributed by atoms with E-state index in [1.165, 1.54) is 0 Å². The van der Waals surface area contributed by atoms with E-state index >= 15 is 0 Å². The van der Waals surface area contributed by atoms with Crippen molar-refractivity contribution in [3.8, 4) is 11.4 Å². The van der Waals surface area contributed by atoms with Gasteiger partial charge in [0.05, 0.1) is 11.8 Å². The molecule has 0 spiro atoms. The molecule has 2 rings (SSSR count). The molecule has 68 valence electrons. The third-order valence-corrected chi connectivity index (χ3v) is 1.77. The van der Waals surface area contributed by atoms with E-state index in [0.29, 0.717) is 5.82 Å². The number of hydrogen-bond donors (Lipinski definition) is 2. The van der Waals surface area contributed by atoms with Crippen LogP contribution in [0.4, 0.5) is 0 Å². The van der Waals surface area contributed by atoms with Crippen LogP contribution in [0.1, 0.15) is 19.2 Å². The van der Waals surface area contributed by atoms with Crippen molar-refractivity contribution in [3.05, 3.63) is 18.2 Å². The van der Waals surface area contributed by atoms with Gasteiger partial charge in [-0.1, -0.05) is 6.92 Å². The topological polar surface area (TPSA) is 70.2 Å². The number of H-pyrrole nitrogens is 2. The molecule has 5 nitrogen and oxygen atoms in total. The van der Waals surface area contributed by atoms with Gasteiger partial charge in [0.1, 0.15) is 5.82 Å². The van der Waals surface area contributed by atoms with E-state index < -0.39 is 0 Å². The second kappa shape index (κ2) is 3.38. The lowest BCUT2D eigenvalue weighted by Crippen LogP contribution is -1.84. The molecule has 0 unspecified atom stereocenters. The summed E-state index contributed by atoms with van der Waals surface area (Å²) in [6.07, 6.45) is 5.49. The second-order valence-electron chi connectivity index (χ2n) is 2.84. The molecule has 0 aromatic carbocycles. The van der Waals surface area contributed by atoms with Crippen molar-refractivity contribution in [2.45, 2.75) is 19.8 Å². The van der Waals surface area contributed by atoms with Gasteiger partial charge in [-0.05, 0) is 6.42 Å². The van der Waals surface area contributed by atoms with Gasteiger partial charge >= 0.3 is 0 Å². The molecule has 0 saturated carbocycles. The van der Waals surface area contributed by atoms with Crippen molar-refractivity contribution in [1.29, 1.82) is 0 Å². The van der Waals surface area contributed by atoms with E-state index in [9.17, 15) is 0 Å². The van der Waals surface area contributed by atoms with Gasteiger partial charge in [-0.15, -0.1) is 0 Å². The zero-order valence-corrected chi connectivity index (χ0v) is 7.41. The molecule has 0 radical (unpaired) electrons. The SMILES string of the molecule is CCCc1nc(-c2cn[nH]c2)n[nH]1. The van der Waals surface area contributed by atoms with Gasteiger partial charge in [-0.25, -0.2) is 4.98 Å². The summed E-state index contributed by atoms with van der Waals surface area (Å²) in [5, 5.41) is 13.5. The quantitative estimate of drug-likeness (QED) is 0.738. The van der Waals surface area contributed by atoms with E-state index in [1.54, 1.807) is 12.4 Å². The molecular weight excluding hydrogens is 166 g/mol. The van der Waals surface area contributed by atoms with Crippen LogP contribution in [0.3, 0.4) is 0 Å². The molecule has 0 fully saturated rings. The first-order valence-electron chi connectivity index (χ1n) is 4.30. The lowest BCUT2D eigenvalue weighted by molar-refractivity contribution is 0.841. The molecule has 0 bridgehead atoms. The van der Waals surface area contributed by atoms with E-state index in [1.807, 2.05) is 0 Å². The highest BCUT2D eigenvalue weighted by Crippen LogP contribution is 2.11. The standard InChI is InChI=1S/C8H11N5/c1-2-3-7-11-8(13-12-7)6-4-9-10-5-6/h4-5H,2-3H2,1H3,(H,9,10)(H,11,12,13). The Bertz CT molecular complexity index is 362. The van der Waals surface area contributed by atoms with Gasteiger partial charge in [0.25, 0.3) is 0 Å². The molecule has 2 N–H and O–H groups in total. The summed E-state index contributed by atoms with van der Waals surface area (Å²) in [7, 11) is 0. The largest absolute Gasteiger partial charge is 0.285 e. The fraction of sp³-hybridized carbons (Fsp3) is 0.375. The summed E-state index contributed by atoms with van der Waals surface area (Å²) >= 11 is 0. The van der Waals surface area contributed by atoms with Crippen molar-refractivity contribution >= 4 is 0 Å². The first-order valence-corrected chi connectivity index (χ1v) is 4.30. The minimum absolute atomic E-state index is 0.706. The first kappa shape index (κ1) is 7.97. The monoisotopic (exact) mass is 177 g/mol. The maximum absolute atomic E-state index is 4.32. The van der Waals surface area contributed by atoms with Crippen molar-refractivity contribution in [2.24, 2.45) is 0 Å². The Morgan fingerprint density at radius 1 is 1.46 bits per heavy atom. The third-order valence-electron chi connectivity index (χ3n) is 1.77. The van der Waals surface area contributed by atoms with Crippen molar-refractivity contribution in [3.63, 3.8) is 0 Å². The Balaban J connectivity index is 2.23. The predicted molar refractivity (Wildman–Crippen MR) is 48.0 cm³/mol. The second-order valence-corrected chi connectivity index (χ2v) is 2.84. The lowest BCUT2D eigenvalue weighted by atomic mass is 10.3. The number of aromatic nitrogens is 5.